The van der Waals surface area contributed by atoms with Gasteiger partial charge in [0.2, 0.25) is 0 Å². The highest BCUT2D eigenvalue weighted by Crippen LogP contribution is 2.45. The summed E-state index contributed by atoms with van der Waals surface area (Å²) in [5.74, 6) is -1.15. The lowest BCUT2D eigenvalue weighted by Crippen LogP contribution is -2.36. The minimum atomic E-state index is -3.77. The van der Waals surface area contributed by atoms with Crippen molar-refractivity contribution in [2.24, 2.45) is 11.8 Å². The van der Waals surface area contributed by atoms with Crippen molar-refractivity contribution < 1.29 is 31.8 Å². The molecule has 0 radical (unpaired) electrons. The molecule has 0 atom stereocenters. The highest BCUT2D eigenvalue weighted by atomic mass is 19.3. The first-order valence-corrected chi connectivity index (χ1v) is 7.22. The van der Waals surface area contributed by atoms with Crippen LogP contribution in [0.1, 0.15) is 32.6 Å². The zero-order valence-electron chi connectivity index (χ0n) is 12.0. The Morgan fingerprint density at radius 2 is 1.73 bits per heavy atom. The van der Waals surface area contributed by atoms with Gasteiger partial charge in [-0.1, -0.05) is 19.8 Å². The molecule has 0 amide bonds. The van der Waals surface area contributed by atoms with Crippen molar-refractivity contribution in [3.05, 3.63) is 18.2 Å². The summed E-state index contributed by atoms with van der Waals surface area (Å²) in [6, 6.07) is 3.29. The Labute approximate surface area is 125 Å². The van der Waals surface area contributed by atoms with E-state index in [4.69, 9.17) is 4.74 Å². The molecule has 1 heterocycles. The molecule has 0 aromatic heterocycles. The van der Waals surface area contributed by atoms with E-state index in [0.29, 0.717) is 18.8 Å². The van der Waals surface area contributed by atoms with Crippen LogP contribution >= 0.6 is 0 Å². The van der Waals surface area contributed by atoms with Crippen LogP contribution in [0.2, 0.25) is 0 Å². The Hall–Kier alpha value is -1.66. The summed E-state index contributed by atoms with van der Waals surface area (Å²) in [5, 5.41) is 0. The second kappa shape index (κ2) is 5.21. The summed E-state index contributed by atoms with van der Waals surface area (Å²) in [6.45, 7) is 2.03. The predicted molar refractivity (Wildman–Crippen MR) is 69.3 cm³/mol. The molecular weight excluding hydrogens is 304 g/mol. The smallest absolute Gasteiger partial charge is 0.432 e. The van der Waals surface area contributed by atoms with Crippen molar-refractivity contribution in [2.75, 3.05) is 0 Å². The number of ether oxygens (including phenoxy) is 3. The van der Waals surface area contributed by atoms with E-state index >= 15 is 0 Å². The first-order valence-electron chi connectivity index (χ1n) is 7.22. The van der Waals surface area contributed by atoms with Crippen LogP contribution in [-0.2, 0) is 0 Å². The summed E-state index contributed by atoms with van der Waals surface area (Å²) in [7, 11) is 0. The quantitative estimate of drug-likeness (QED) is 0.748. The Morgan fingerprint density at radius 3 is 2.41 bits per heavy atom. The predicted octanol–water partition coefficient (Wildman–Crippen LogP) is 4.81. The summed E-state index contributed by atoms with van der Waals surface area (Å²) >= 11 is 0. The summed E-state index contributed by atoms with van der Waals surface area (Å²) in [5.41, 5.74) is 0. The van der Waals surface area contributed by atoms with Gasteiger partial charge in [-0.05, 0) is 30.9 Å². The van der Waals surface area contributed by atoms with Gasteiger partial charge in [0.15, 0.2) is 11.5 Å². The van der Waals surface area contributed by atoms with Gasteiger partial charge in [0.25, 0.3) is 0 Å². The molecule has 7 heteroatoms. The van der Waals surface area contributed by atoms with Crippen LogP contribution < -0.4 is 14.2 Å². The molecule has 0 N–H and O–H groups in total. The third-order valence-corrected chi connectivity index (χ3v) is 4.12. The second-order valence-electron chi connectivity index (χ2n) is 5.90. The lowest BCUT2D eigenvalue weighted by molar-refractivity contribution is -0.286. The van der Waals surface area contributed by atoms with E-state index in [1.807, 2.05) is 6.92 Å². The summed E-state index contributed by atoms with van der Waals surface area (Å²) < 4.78 is 67.4. The lowest BCUT2D eigenvalue weighted by Gasteiger charge is -2.32. The monoisotopic (exact) mass is 320 g/mol. The van der Waals surface area contributed by atoms with E-state index in [1.165, 1.54) is 6.07 Å². The fraction of sp³-hybridized carbons (Fsp3) is 0.600. The van der Waals surface area contributed by atoms with Crippen molar-refractivity contribution in [3.63, 3.8) is 0 Å². The maximum absolute atomic E-state index is 14.2. The maximum Gasteiger partial charge on any atom is 0.586 e. The first-order chi connectivity index (χ1) is 10.3. The minimum Gasteiger partial charge on any atom is -0.432 e. The molecule has 1 aliphatic heterocycles. The standard InChI is InChI=1S/C15H16F4O3/c1-9-2-4-10(5-3-9)14(16,17)20-11-6-7-12-13(8-11)22-15(18,19)21-12/h6-10H,2-5H2,1H3. The zero-order chi connectivity index (χ0) is 16.0. The van der Waals surface area contributed by atoms with Crippen LogP contribution in [0.15, 0.2) is 18.2 Å². The number of hydrogen-bond acceptors (Lipinski definition) is 3. The van der Waals surface area contributed by atoms with Gasteiger partial charge in [-0.25, -0.2) is 0 Å². The molecule has 0 saturated heterocycles. The molecule has 1 aromatic rings. The average molecular weight is 320 g/mol. The molecule has 2 aliphatic rings. The van der Waals surface area contributed by atoms with Gasteiger partial charge in [0.1, 0.15) is 5.75 Å². The molecule has 1 saturated carbocycles. The number of fused-ring (bicyclic) bond motifs is 1. The van der Waals surface area contributed by atoms with E-state index in [0.717, 1.165) is 25.0 Å². The molecular formula is C15H16F4O3. The molecule has 0 bridgehead atoms. The highest BCUT2D eigenvalue weighted by molar-refractivity contribution is 5.47. The van der Waals surface area contributed by atoms with E-state index in [1.54, 1.807) is 0 Å². The van der Waals surface area contributed by atoms with Gasteiger partial charge >= 0.3 is 12.4 Å². The van der Waals surface area contributed by atoms with Gasteiger partial charge in [0.05, 0.1) is 5.92 Å². The van der Waals surface area contributed by atoms with E-state index in [9.17, 15) is 17.6 Å². The van der Waals surface area contributed by atoms with Crippen LogP contribution in [0.4, 0.5) is 17.6 Å². The van der Waals surface area contributed by atoms with Gasteiger partial charge in [0, 0.05) is 6.07 Å². The number of benzene rings is 1. The van der Waals surface area contributed by atoms with E-state index in [-0.39, 0.29) is 17.2 Å². The third-order valence-electron chi connectivity index (χ3n) is 4.12. The number of hydrogen-bond donors (Lipinski definition) is 0. The Bertz CT molecular complexity index is 554. The van der Waals surface area contributed by atoms with Crippen molar-refractivity contribution in [3.8, 4) is 17.2 Å². The van der Waals surface area contributed by atoms with Crippen molar-refractivity contribution in [2.45, 2.75) is 45.0 Å². The highest BCUT2D eigenvalue weighted by Gasteiger charge is 2.45. The maximum atomic E-state index is 14.2. The SMILES string of the molecule is CC1CCC(C(F)(F)Oc2ccc3c(c2)OC(F)(F)O3)CC1. The number of rotatable bonds is 3. The van der Waals surface area contributed by atoms with E-state index < -0.39 is 18.3 Å². The molecule has 122 valence electrons. The zero-order valence-corrected chi connectivity index (χ0v) is 12.0. The summed E-state index contributed by atoms with van der Waals surface area (Å²) in [6.07, 6.45) is -4.87. The molecule has 1 aliphatic carbocycles. The van der Waals surface area contributed by atoms with Crippen molar-refractivity contribution in [1.82, 2.24) is 0 Å². The van der Waals surface area contributed by atoms with Crippen LogP contribution in [0.5, 0.6) is 17.2 Å². The normalized spacial score (nSPS) is 26.8. The molecule has 0 spiro atoms. The molecule has 1 fully saturated rings. The molecule has 1 aromatic carbocycles. The third kappa shape index (κ3) is 3.08. The largest absolute Gasteiger partial charge is 0.586 e. The van der Waals surface area contributed by atoms with Crippen molar-refractivity contribution >= 4 is 0 Å². The van der Waals surface area contributed by atoms with Crippen LogP contribution in [0.25, 0.3) is 0 Å². The molecule has 3 nitrogen and oxygen atoms in total. The Balaban J connectivity index is 1.71. The van der Waals surface area contributed by atoms with Crippen LogP contribution in [-0.4, -0.2) is 12.4 Å². The molecule has 3 rings (SSSR count). The molecule has 22 heavy (non-hydrogen) atoms. The fourth-order valence-corrected chi connectivity index (χ4v) is 2.83. The van der Waals surface area contributed by atoms with Gasteiger partial charge < -0.3 is 14.2 Å². The summed E-state index contributed by atoms with van der Waals surface area (Å²) in [4.78, 5) is 0. The fourth-order valence-electron chi connectivity index (χ4n) is 2.83. The van der Waals surface area contributed by atoms with Crippen molar-refractivity contribution in [1.29, 1.82) is 0 Å². The second-order valence-corrected chi connectivity index (χ2v) is 5.90. The Morgan fingerprint density at radius 1 is 1.09 bits per heavy atom. The van der Waals surface area contributed by atoms with E-state index in [2.05, 4.69) is 9.47 Å². The van der Waals surface area contributed by atoms with Crippen LogP contribution in [0.3, 0.4) is 0 Å². The number of halogens is 4. The van der Waals surface area contributed by atoms with Gasteiger partial charge in [-0.15, -0.1) is 8.78 Å². The minimum absolute atomic E-state index is 0.202. The lowest BCUT2D eigenvalue weighted by atomic mass is 9.82. The van der Waals surface area contributed by atoms with Crippen LogP contribution in [0, 0.1) is 11.8 Å². The average Bonchev–Trinajstić information content (AvgIpc) is 2.72. The topological polar surface area (TPSA) is 27.7 Å². The first kappa shape index (κ1) is 15.2. The number of alkyl halides is 4. The Kier molecular flexibility index (Phi) is 3.61. The van der Waals surface area contributed by atoms with Gasteiger partial charge in [-0.3, -0.25) is 0 Å². The molecule has 0 unspecified atom stereocenters. The van der Waals surface area contributed by atoms with Gasteiger partial charge in [-0.2, -0.15) is 8.78 Å².